The van der Waals surface area contributed by atoms with Gasteiger partial charge in [-0.1, -0.05) is 19.1 Å². The summed E-state index contributed by atoms with van der Waals surface area (Å²) in [6.45, 7) is 6.40. The van der Waals surface area contributed by atoms with Crippen LogP contribution in [0.15, 0.2) is 48.7 Å². The third-order valence-electron chi connectivity index (χ3n) is 7.76. The summed E-state index contributed by atoms with van der Waals surface area (Å²) in [5.41, 5.74) is 5.00. The topological polar surface area (TPSA) is 133 Å². The van der Waals surface area contributed by atoms with Gasteiger partial charge in [0.2, 0.25) is 5.95 Å². The lowest BCUT2D eigenvalue weighted by Crippen LogP contribution is -2.38. The summed E-state index contributed by atoms with van der Waals surface area (Å²) in [6.07, 6.45) is 4.04. The van der Waals surface area contributed by atoms with Crippen LogP contribution >= 0.6 is 0 Å². The number of nitrogens with one attached hydrogen (secondary N) is 2. The second-order valence-electron chi connectivity index (χ2n) is 10.7. The number of aryl methyl sites for hydroxylation is 1. The Bertz CT molecular complexity index is 1470. The number of hydrogen-bond acceptors (Lipinski definition) is 10. The Morgan fingerprint density at radius 1 is 1.09 bits per heavy atom. The van der Waals surface area contributed by atoms with Crippen molar-refractivity contribution in [3.8, 4) is 17.3 Å². The summed E-state index contributed by atoms with van der Waals surface area (Å²) in [5.74, 6) is -0.252. The van der Waals surface area contributed by atoms with E-state index in [0.717, 1.165) is 54.9 Å². The smallest absolute Gasteiger partial charge is 0.340 e. The highest BCUT2D eigenvalue weighted by atomic mass is 16.5. The number of nitrogens with zero attached hydrogens (tertiary/aromatic N) is 5. The van der Waals surface area contributed by atoms with Gasteiger partial charge in [-0.2, -0.15) is 5.26 Å². The summed E-state index contributed by atoms with van der Waals surface area (Å²) in [5, 5.41) is 14.5. The van der Waals surface area contributed by atoms with E-state index in [4.69, 9.17) is 19.7 Å². The number of carbonyl (C=O) groups excluding carboxylic acids is 2. The monoisotopic (exact) mass is 583 g/mol. The van der Waals surface area contributed by atoms with E-state index < -0.39 is 0 Å². The van der Waals surface area contributed by atoms with Crippen molar-refractivity contribution in [2.24, 2.45) is 0 Å². The van der Waals surface area contributed by atoms with E-state index in [1.165, 1.54) is 0 Å². The van der Waals surface area contributed by atoms with Crippen LogP contribution in [0.5, 0.6) is 0 Å². The van der Waals surface area contributed by atoms with Crippen LogP contribution in [0.2, 0.25) is 0 Å². The van der Waals surface area contributed by atoms with Gasteiger partial charge in [-0.25, -0.2) is 14.8 Å². The summed E-state index contributed by atoms with van der Waals surface area (Å²) in [7, 11) is 2.08. The molecule has 3 heterocycles. The van der Waals surface area contributed by atoms with E-state index in [9.17, 15) is 9.59 Å². The number of aromatic nitrogens is 2. The number of anilines is 3. The molecule has 1 aromatic heterocycles. The molecule has 2 saturated heterocycles. The van der Waals surface area contributed by atoms with E-state index in [0.29, 0.717) is 49.1 Å². The quantitative estimate of drug-likeness (QED) is 0.283. The molecule has 0 spiro atoms. The van der Waals surface area contributed by atoms with E-state index in [1.54, 1.807) is 18.3 Å². The lowest BCUT2D eigenvalue weighted by molar-refractivity contribution is 0.0139. The molecule has 0 saturated carbocycles. The van der Waals surface area contributed by atoms with Crippen molar-refractivity contribution in [2.75, 3.05) is 63.2 Å². The van der Waals surface area contributed by atoms with E-state index in [2.05, 4.69) is 32.5 Å². The predicted octanol–water partition coefficient (Wildman–Crippen LogP) is 3.79. The number of rotatable bonds is 9. The van der Waals surface area contributed by atoms with Crippen molar-refractivity contribution in [3.63, 3.8) is 0 Å². The van der Waals surface area contributed by atoms with E-state index in [1.807, 2.05) is 43.3 Å². The van der Waals surface area contributed by atoms with Gasteiger partial charge in [-0.15, -0.1) is 0 Å². The number of likely N-dealkylation sites (tertiary alicyclic amines) is 1. The molecule has 5 rings (SSSR count). The van der Waals surface area contributed by atoms with Crippen LogP contribution in [0.3, 0.4) is 0 Å². The zero-order valence-corrected chi connectivity index (χ0v) is 24.6. The molecule has 1 amide bonds. The van der Waals surface area contributed by atoms with Crippen molar-refractivity contribution in [3.05, 3.63) is 65.4 Å². The van der Waals surface area contributed by atoms with Crippen LogP contribution in [0.4, 0.5) is 17.3 Å². The maximum Gasteiger partial charge on any atom is 0.340 e. The molecule has 0 bridgehead atoms. The number of esters is 1. The van der Waals surface area contributed by atoms with Gasteiger partial charge in [0.05, 0.1) is 36.2 Å². The molecule has 0 atom stereocenters. The molecule has 43 heavy (non-hydrogen) atoms. The third-order valence-corrected chi connectivity index (χ3v) is 7.76. The highest BCUT2D eigenvalue weighted by molar-refractivity contribution is 5.97. The molecule has 0 radical (unpaired) electrons. The molecule has 2 N–H and O–H groups in total. The summed E-state index contributed by atoms with van der Waals surface area (Å²) in [4.78, 5) is 39.5. The van der Waals surface area contributed by atoms with Crippen molar-refractivity contribution >= 4 is 29.2 Å². The maximum absolute atomic E-state index is 13.5. The molecule has 11 heteroatoms. The van der Waals surface area contributed by atoms with Gasteiger partial charge in [0.15, 0.2) is 0 Å². The Hall–Kier alpha value is -4.53. The van der Waals surface area contributed by atoms with E-state index >= 15 is 0 Å². The van der Waals surface area contributed by atoms with Crippen LogP contribution in [0, 0.1) is 11.3 Å². The standard InChI is InChI=1S/C32H37N7O4/c1-3-22-21-35-32(37-29(22)23-4-6-24(7-5-23)30(40)34-13-12-33)36-25-8-9-28(39-16-18-42-19-17-39)27(20-25)31(41)43-26-10-14-38(2)15-11-26/h4-9,20-21,26H,3,10-11,13-19H2,1-2H3,(H,34,40)(H,35,36,37). The first-order valence-corrected chi connectivity index (χ1v) is 14.7. The summed E-state index contributed by atoms with van der Waals surface area (Å²) in [6, 6.07) is 14.7. The largest absolute Gasteiger partial charge is 0.459 e. The number of nitriles is 1. The maximum atomic E-state index is 13.5. The Kier molecular flexibility index (Phi) is 9.81. The van der Waals surface area contributed by atoms with Crippen molar-refractivity contribution in [2.45, 2.75) is 32.3 Å². The highest BCUT2D eigenvalue weighted by Gasteiger charge is 2.25. The number of piperidine rings is 1. The number of hydrogen-bond donors (Lipinski definition) is 2. The first-order chi connectivity index (χ1) is 20.9. The second-order valence-corrected chi connectivity index (χ2v) is 10.7. The van der Waals surface area contributed by atoms with Gasteiger partial charge in [0.25, 0.3) is 5.91 Å². The van der Waals surface area contributed by atoms with Crippen molar-refractivity contribution < 1.29 is 19.1 Å². The van der Waals surface area contributed by atoms with Gasteiger partial charge in [0.1, 0.15) is 12.6 Å². The van der Waals surface area contributed by atoms with Gasteiger partial charge in [0, 0.05) is 49.2 Å². The molecule has 2 aliphatic rings. The van der Waals surface area contributed by atoms with Crippen LogP contribution in [0.25, 0.3) is 11.3 Å². The SMILES string of the molecule is CCc1cnc(Nc2ccc(N3CCOCC3)c(C(=O)OC3CCN(C)CC3)c2)nc1-c1ccc(C(=O)NCC#N)cc1. The number of carbonyl (C=O) groups is 2. The Morgan fingerprint density at radius 3 is 2.53 bits per heavy atom. The minimum atomic E-state index is -0.332. The molecule has 2 fully saturated rings. The average Bonchev–Trinajstić information content (AvgIpc) is 3.05. The van der Waals surface area contributed by atoms with Crippen LogP contribution in [0.1, 0.15) is 46.0 Å². The normalized spacial score (nSPS) is 15.9. The fraction of sp³-hybridized carbons (Fsp3) is 0.406. The van der Waals surface area contributed by atoms with Gasteiger partial charge in [-0.05, 0) is 62.2 Å². The Balaban J connectivity index is 1.39. The lowest BCUT2D eigenvalue weighted by Gasteiger charge is -2.32. The van der Waals surface area contributed by atoms with Crippen LogP contribution in [-0.2, 0) is 15.9 Å². The Morgan fingerprint density at radius 2 is 1.84 bits per heavy atom. The summed E-state index contributed by atoms with van der Waals surface area (Å²) >= 11 is 0. The second kappa shape index (κ2) is 14.1. The fourth-order valence-corrected chi connectivity index (χ4v) is 5.28. The van der Waals surface area contributed by atoms with Gasteiger partial charge in [-0.3, -0.25) is 4.79 Å². The highest BCUT2D eigenvalue weighted by Crippen LogP contribution is 2.30. The fourth-order valence-electron chi connectivity index (χ4n) is 5.28. The number of morpholine rings is 1. The van der Waals surface area contributed by atoms with Crippen LogP contribution in [-0.4, -0.2) is 85.8 Å². The minimum absolute atomic E-state index is 0.0491. The molecule has 2 aliphatic heterocycles. The average molecular weight is 584 g/mol. The molecule has 11 nitrogen and oxygen atoms in total. The lowest BCUT2D eigenvalue weighted by atomic mass is 10.0. The van der Waals surface area contributed by atoms with Crippen molar-refractivity contribution in [1.82, 2.24) is 20.2 Å². The number of benzene rings is 2. The number of ether oxygens (including phenoxy) is 2. The molecule has 2 aromatic carbocycles. The van der Waals surface area contributed by atoms with Crippen molar-refractivity contribution in [1.29, 1.82) is 5.26 Å². The number of amides is 1. The first kappa shape index (κ1) is 29.9. The zero-order chi connectivity index (χ0) is 30.2. The first-order valence-electron chi connectivity index (χ1n) is 14.7. The molecule has 3 aromatic rings. The minimum Gasteiger partial charge on any atom is -0.459 e. The molecule has 0 unspecified atom stereocenters. The zero-order valence-electron chi connectivity index (χ0n) is 24.6. The molecular formula is C32H37N7O4. The summed E-state index contributed by atoms with van der Waals surface area (Å²) < 4.78 is 11.5. The van der Waals surface area contributed by atoms with Crippen LogP contribution < -0.4 is 15.5 Å². The molecule has 224 valence electrons. The van der Waals surface area contributed by atoms with E-state index in [-0.39, 0.29) is 24.5 Å². The van der Waals surface area contributed by atoms with Gasteiger partial charge < -0.3 is 29.9 Å². The Labute approximate surface area is 251 Å². The van der Waals surface area contributed by atoms with Gasteiger partial charge >= 0.3 is 5.97 Å². The molecular weight excluding hydrogens is 546 g/mol. The predicted molar refractivity (Wildman–Crippen MR) is 163 cm³/mol. The molecule has 0 aliphatic carbocycles. The third kappa shape index (κ3) is 7.46.